The number of carbonyl (C=O) groups excluding carboxylic acids is 2. The number of ether oxygens (including phenoxy) is 1. The first-order chi connectivity index (χ1) is 14.4. The van der Waals surface area contributed by atoms with Crippen LogP contribution < -0.4 is 4.74 Å². The molecule has 0 aliphatic heterocycles. The van der Waals surface area contributed by atoms with Gasteiger partial charge in [0.2, 0.25) is 0 Å². The highest BCUT2D eigenvalue weighted by Crippen LogP contribution is 2.29. The summed E-state index contributed by atoms with van der Waals surface area (Å²) in [4.78, 5) is 34.1. The predicted molar refractivity (Wildman–Crippen MR) is 113 cm³/mol. The fourth-order valence-corrected chi connectivity index (χ4v) is 2.88. The van der Waals surface area contributed by atoms with E-state index in [4.69, 9.17) is 4.74 Å². The number of nitrogens with zero attached hydrogens (tertiary/aromatic N) is 5. The van der Waals surface area contributed by atoms with E-state index in [-0.39, 0.29) is 17.1 Å². The lowest BCUT2D eigenvalue weighted by molar-refractivity contribution is 0.0998. The summed E-state index contributed by atoms with van der Waals surface area (Å²) in [6.45, 7) is 3.94. The number of aryl methyl sites for hydroxylation is 2. The number of carbonyl (C=O) groups is 2. The molecule has 0 aliphatic rings. The molecule has 2 amide bonds. The Bertz CT molecular complexity index is 1110. The standard InChI is InChI=1S/C22H21N5O3/c1-14-7-5-8-15(2)19(14)16-10-12-25-26-20(16)21(28)24-13-17-18(9-6-11-23-17)30-22(29)27(3)4/h5-13H,1-4H3/b24-13-. The second kappa shape index (κ2) is 9.04. The minimum atomic E-state index is -0.573. The van der Waals surface area contributed by atoms with Gasteiger partial charge in [0.05, 0.1) is 12.4 Å². The lowest BCUT2D eigenvalue weighted by atomic mass is 9.95. The first-order valence-corrected chi connectivity index (χ1v) is 9.19. The van der Waals surface area contributed by atoms with Crippen molar-refractivity contribution in [3.05, 3.63) is 71.3 Å². The van der Waals surface area contributed by atoms with Gasteiger partial charge in [-0.25, -0.2) is 9.79 Å². The van der Waals surface area contributed by atoms with Crippen LogP contribution in [-0.2, 0) is 0 Å². The molecule has 2 heterocycles. The van der Waals surface area contributed by atoms with E-state index in [9.17, 15) is 9.59 Å². The summed E-state index contributed by atoms with van der Waals surface area (Å²) >= 11 is 0. The van der Waals surface area contributed by atoms with Gasteiger partial charge in [-0.2, -0.15) is 5.10 Å². The Hall–Kier alpha value is -3.94. The van der Waals surface area contributed by atoms with E-state index >= 15 is 0 Å². The van der Waals surface area contributed by atoms with Crippen molar-refractivity contribution in [1.82, 2.24) is 20.1 Å². The number of aliphatic imine (C=N–C) groups is 1. The zero-order chi connectivity index (χ0) is 21.7. The number of aromatic nitrogens is 3. The first-order valence-electron chi connectivity index (χ1n) is 9.19. The monoisotopic (exact) mass is 403 g/mol. The van der Waals surface area contributed by atoms with Crippen LogP contribution in [0, 0.1) is 13.8 Å². The molecule has 8 heteroatoms. The van der Waals surface area contributed by atoms with Crippen LogP contribution >= 0.6 is 0 Å². The van der Waals surface area contributed by atoms with Gasteiger partial charge in [0.25, 0.3) is 5.91 Å². The van der Waals surface area contributed by atoms with Crippen molar-refractivity contribution in [3.63, 3.8) is 0 Å². The van der Waals surface area contributed by atoms with E-state index in [1.54, 1.807) is 38.5 Å². The highest BCUT2D eigenvalue weighted by molar-refractivity contribution is 6.05. The molecule has 0 N–H and O–H groups in total. The Morgan fingerprint density at radius 1 is 1.03 bits per heavy atom. The van der Waals surface area contributed by atoms with Crippen LogP contribution in [0.3, 0.4) is 0 Å². The Labute approximate surface area is 174 Å². The van der Waals surface area contributed by atoms with E-state index in [1.807, 2.05) is 32.0 Å². The average molecular weight is 403 g/mol. The molecule has 0 fully saturated rings. The number of rotatable bonds is 4. The molecule has 0 saturated carbocycles. The summed E-state index contributed by atoms with van der Waals surface area (Å²) in [5, 5.41) is 7.87. The maximum Gasteiger partial charge on any atom is 0.414 e. The van der Waals surface area contributed by atoms with Crippen molar-refractivity contribution in [2.45, 2.75) is 13.8 Å². The van der Waals surface area contributed by atoms with Gasteiger partial charge in [-0.15, -0.1) is 5.10 Å². The molecule has 0 saturated heterocycles. The van der Waals surface area contributed by atoms with Crippen molar-refractivity contribution in [1.29, 1.82) is 0 Å². The van der Waals surface area contributed by atoms with Crippen molar-refractivity contribution in [2.24, 2.45) is 4.99 Å². The quantitative estimate of drug-likeness (QED) is 0.619. The fraction of sp³-hybridized carbons (Fsp3) is 0.182. The molecule has 8 nitrogen and oxygen atoms in total. The maximum absolute atomic E-state index is 12.8. The molecule has 0 radical (unpaired) electrons. The van der Waals surface area contributed by atoms with E-state index in [1.165, 1.54) is 17.3 Å². The topological polar surface area (TPSA) is 97.6 Å². The Kier molecular flexibility index (Phi) is 6.26. The van der Waals surface area contributed by atoms with Gasteiger partial charge in [0.15, 0.2) is 11.4 Å². The predicted octanol–water partition coefficient (Wildman–Crippen LogP) is 3.48. The third-order valence-corrected chi connectivity index (χ3v) is 4.34. The summed E-state index contributed by atoms with van der Waals surface area (Å²) in [7, 11) is 3.14. The molecular formula is C22H21N5O3. The molecule has 0 bridgehead atoms. The molecule has 0 atom stereocenters. The third kappa shape index (κ3) is 4.54. The van der Waals surface area contributed by atoms with E-state index in [2.05, 4.69) is 20.2 Å². The third-order valence-electron chi connectivity index (χ3n) is 4.34. The fourth-order valence-electron chi connectivity index (χ4n) is 2.88. The SMILES string of the molecule is Cc1cccc(C)c1-c1ccnnc1C(=O)/N=C\c1ncccc1OC(=O)N(C)C. The molecule has 30 heavy (non-hydrogen) atoms. The lowest BCUT2D eigenvalue weighted by Crippen LogP contribution is -2.25. The maximum atomic E-state index is 12.8. The average Bonchev–Trinajstić information content (AvgIpc) is 2.73. The molecular weight excluding hydrogens is 382 g/mol. The molecule has 1 aromatic carbocycles. The van der Waals surface area contributed by atoms with Gasteiger partial charge in [0, 0.05) is 25.9 Å². The van der Waals surface area contributed by atoms with Crippen LogP contribution in [0.4, 0.5) is 4.79 Å². The van der Waals surface area contributed by atoms with Crippen LogP contribution in [0.5, 0.6) is 5.75 Å². The van der Waals surface area contributed by atoms with E-state index < -0.39 is 12.0 Å². The summed E-state index contributed by atoms with van der Waals surface area (Å²) in [5.74, 6) is -0.377. The van der Waals surface area contributed by atoms with Gasteiger partial charge in [-0.05, 0) is 48.7 Å². The Morgan fingerprint density at radius 3 is 2.47 bits per heavy atom. The zero-order valence-corrected chi connectivity index (χ0v) is 17.2. The molecule has 152 valence electrons. The van der Waals surface area contributed by atoms with E-state index in [0.29, 0.717) is 5.56 Å². The highest BCUT2D eigenvalue weighted by Gasteiger charge is 2.17. The summed E-state index contributed by atoms with van der Waals surface area (Å²) in [6.07, 6.45) is 3.75. The van der Waals surface area contributed by atoms with Gasteiger partial charge >= 0.3 is 6.09 Å². The molecule has 3 aromatic rings. The van der Waals surface area contributed by atoms with Crippen molar-refractivity contribution in [2.75, 3.05) is 14.1 Å². The van der Waals surface area contributed by atoms with Crippen molar-refractivity contribution >= 4 is 18.2 Å². The Balaban J connectivity index is 1.94. The van der Waals surface area contributed by atoms with Gasteiger partial charge in [0.1, 0.15) is 5.69 Å². The highest BCUT2D eigenvalue weighted by atomic mass is 16.6. The van der Waals surface area contributed by atoms with Gasteiger partial charge in [-0.1, -0.05) is 18.2 Å². The molecule has 0 unspecified atom stereocenters. The lowest BCUT2D eigenvalue weighted by Gasteiger charge is -2.12. The summed E-state index contributed by atoms with van der Waals surface area (Å²) in [6, 6.07) is 10.8. The zero-order valence-electron chi connectivity index (χ0n) is 17.2. The second-order valence-electron chi connectivity index (χ2n) is 6.77. The van der Waals surface area contributed by atoms with Gasteiger partial charge < -0.3 is 9.64 Å². The number of pyridine rings is 1. The molecule has 3 rings (SSSR count). The van der Waals surface area contributed by atoms with Crippen LogP contribution in [0.1, 0.15) is 27.3 Å². The van der Waals surface area contributed by atoms with Crippen LogP contribution in [-0.4, -0.2) is 52.4 Å². The number of hydrogen-bond acceptors (Lipinski definition) is 6. The van der Waals surface area contributed by atoms with Crippen LogP contribution in [0.25, 0.3) is 11.1 Å². The molecule has 2 aromatic heterocycles. The minimum Gasteiger partial charge on any atom is -0.408 e. The normalized spacial score (nSPS) is 10.8. The van der Waals surface area contributed by atoms with Gasteiger partial charge in [-0.3, -0.25) is 9.78 Å². The summed E-state index contributed by atoms with van der Waals surface area (Å²) in [5.41, 5.74) is 3.99. The molecule has 0 spiro atoms. The van der Waals surface area contributed by atoms with Crippen molar-refractivity contribution < 1.29 is 14.3 Å². The first kappa shape index (κ1) is 20.8. The number of hydrogen-bond donors (Lipinski definition) is 0. The van der Waals surface area contributed by atoms with Crippen LogP contribution in [0.2, 0.25) is 0 Å². The smallest absolute Gasteiger partial charge is 0.408 e. The second-order valence-corrected chi connectivity index (χ2v) is 6.77. The summed E-state index contributed by atoms with van der Waals surface area (Å²) < 4.78 is 5.26. The van der Waals surface area contributed by atoms with Crippen LogP contribution in [0.15, 0.2) is 53.8 Å². The largest absolute Gasteiger partial charge is 0.414 e. The number of benzene rings is 1. The molecule has 0 aliphatic carbocycles. The van der Waals surface area contributed by atoms with Crippen molar-refractivity contribution in [3.8, 4) is 16.9 Å². The minimum absolute atomic E-state index is 0.133. The Morgan fingerprint density at radius 2 is 1.77 bits per heavy atom. The number of amides is 2. The van der Waals surface area contributed by atoms with E-state index in [0.717, 1.165) is 16.7 Å².